The van der Waals surface area contributed by atoms with E-state index in [1.807, 2.05) is 30.3 Å². The molecule has 1 heterocycles. The Morgan fingerprint density at radius 2 is 1.46 bits per heavy atom. The Kier molecular flexibility index (Phi) is 4.19. The molecule has 1 N–H and O–H groups in total. The van der Waals surface area contributed by atoms with Crippen molar-refractivity contribution in [1.29, 1.82) is 0 Å². The third-order valence-electron chi connectivity index (χ3n) is 4.15. The van der Waals surface area contributed by atoms with Gasteiger partial charge in [0.1, 0.15) is 5.75 Å². The van der Waals surface area contributed by atoms with Gasteiger partial charge in [-0.2, -0.15) is 0 Å². The first-order chi connectivity index (χ1) is 12.5. The van der Waals surface area contributed by atoms with Crippen LogP contribution in [0.3, 0.4) is 0 Å². The van der Waals surface area contributed by atoms with E-state index in [9.17, 15) is 9.90 Å². The highest BCUT2D eigenvalue weighted by Gasteiger charge is 2.20. The Morgan fingerprint density at radius 3 is 2.15 bits per heavy atom. The fourth-order valence-electron chi connectivity index (χ4n) is 3.03. The van der Waals surface area contributed by atoms with Gasteiger partial charge in [-0.1, -0.05) is 65.7 Å². The molecule has 0 saturated carbocycles. The third-order valence-corrected chi connectivity index (χ3v) is 4.64. The van der Waals surface area contributed by atoms with Crippen LogP contribution in [-0.2, 0) is 0 Å². The minimum Gasteiger partial charge on any atom is -0.508 e. The molecule has 3 aromatic carbocycles. The number of phenols is 1. The number of benzene rings is 3. The molecule has 5 heteroatoms. The van der Waals surface area contributed by atoms with Crippen molar-refractivity contribution in [3.63, 3.8) is 0 Å². The summed E-state index contributed by atoms with van der Waals surface area (Å²) in [4.78, 5) is 12.8. The van der Waals surface area contributed by atoms with Crippen LogP contribution in [0.2, 0.25) is 10.0 Å². The molecule has 26 heavy (non-hydrogen) atoms. The van der Waals surface area contributed by atoms with E-state index in [1.165, 1.54) is 6.07 Å². The molecule has 0 amide bonds. The van der Waals surface area contributed by atoms with E-state index in [1.54, 1.807) is 30.3 Å². The van der Waals surface area contributed by atoms with Crippen LogP contribution < -0.4 is 5.63 Å². The second-order valence-corrected chi connectivity index (χ2v) is 6.66. The monoisotopic (exact) mass is 382 g/mol. The summed E-state index contributed by atoms with van der Waals surface area (Å²) in [5.41, 5.74) is 2.34. The summed E-state index contributed by atoms with van der Waals surface area (Å²) in [6, 6.07) is 19.1. The van der Waals surface area contributed by atoms with Gasteiger partial charge in [-0.25, -0.2) is 4.79 Å². The van der Waals surface area contributed by atoms with Crippen LogP contribution in [0.5, 0.6) is 5.75 Å². The van der Waals surface area contributed by atoms with E-state index in [-0.39, 0.29) is 16.4 Å². The molecule has 0 aliphatic rings. The Hall–Kier alpha value is -2.75. The summed E-state index contributed by atoms with van der Waals surface area (Å²) in [7, 11) is 0. The van der Waals surface area contributed by atoms with Gasteiger partial charge < -0.3 is 9.52 Å². The summed E-state index contributed by atoms with van der Waals surface area (Å²) in [5.74, 6) is 0.137. The molecule has 0 atom stereocenters. The van der Waals surface area contributed by atoms with Crippen molar-refractivity contribution in [2.45, 2.75) is 0 Å². The first kappa shape index (κ1) is 16.7. The number of halogens is 2. The highest BCUT2D eigenvalue weighted by Crippen LogP contribution is 2.39. The SMILES string of the molecule is O=c1oc2c(Cl)cc(Cl)cc2c(-c2ccc(O)cc2)c1-c1ccccc1. The predicted octanol–water partition coefficient (Wildman–Crippen LogP) is 6.14. The standard InChI is InChI=1S/C21H12Cl2O3/c22-14-10-16-18(13-6-8-15(24)9-7-13)19(12-4-2-1-3-5-12)21(25)26-20(16)17(23)11-14/h1-11,24H. The van der Waals surface area contributed by atoms with Gasteiger partial charge in [-0.05, 0) is 35.4 Å². The third kappa shape index (κ3) is 2.85. The zero-order valence-electron chi connectivity index (χ0n) is 13.4. The Labute approximate surface area is 159 Å². The minimum absolute atomic E-state index is 0.137. The van der Waals surface area contributed by atoms with Crippen LogP contribution in [0.4, 0.5) is 0 Å². The maximum Gasteiger partial charge on any atom is 0.344 e. The molecule has 1 aromatic heterocycles. The van der Waals surface area contributed by atoms with Gasteiger partial charge in [0, 0.05) is 16.0 Å². The van der Waals surface area contributed by atoms with E-state index in [0.29, 0.717) is 21.5 Å². The van der Waals surface area contributed by atoms with Gasteiger partial charge in [0.05, 0.1) is 10.6 Å². The number of rotatable bonds is 2. The first-order valence-electron chi connectivity index (χ1n) is 7.85. The largest absolute Gasteiger partial charge is 0.508 e. The zero-order chi connectivity index (χ0) is 18.3. The van der Waals surface area contributed by atoms with Crippen molar-refractivity contribution in [3.05, 3.63) is 87.2 Å². The van der Waals surface area contributed by atoms with Crippen molar-refractivity contribution < 1.29 is 9.52 Å². The summed E-state index contributed by atoms with van der Waals surface area (Å²) in [6.07, 6.45) is 0. The Balaban J connectivity index is 2.20. The van der Waals surface area contributed by atoms with Gasteiger partial charge in [0.25, 0.3) is 0 Å². The van der Waals surface area contributed by atoms with Crippen molar-refractivity contribution in [3.8, 4) is 28.0 Å². The highest BCUT2D eigenvalue weighted by molar-refractivity contribution is 6.38. The molecule has 0 unspecified atom stereocenters. The first-order valence-corrected chi connectivity index (χ1v) is 8.61. The lowest BCUT2D eigenvalue weighted by molar-refractivity contribution is 0.475. The van der Waals surface area contributed by atoms with E-state index < -0.39 is 5.63 Å². The summed E-state index contributed by atoms with van der Waals surface area (Å²) in [5, 5.41) is 11.0. The van der Waals surface area contributed by atoms with Gasteiger partial charge in [0.15, 0.2) is 5.58 Å². The molecule has 0 saturated heterocycles. The molecule has 0 aliphatic carbocycles. The van der Waals surface area contributed by atoms with Crippen LogP contribution >= 0.6 is 23.2 Å². The van der Waals surface area contributed by atoms with E-state index in [2.05, 4.69) is 0 Å². The van der Waals surface area contributed by atoms with Gasteiger partial charge in [0.2, 0.25) is 0 Å². The maximum atomic E-state index is 12.8. The molecule has 128 valence electrons. The predicted molar refractivity (Wildman–Crippen MR) is 105 cm³/mol. The quantitative estimate of drug-likeness (QED) is 0.423. The molecule has 0 aliphatic heterocycles. The van der Waals surface area contributed by atoms with Crippen LogP contribution in [0.25, 0.3) is 33.2 Å². The van der Waals surface area contributed by atoms with Crippen LogP contribution in [0.15, 0.2) is 75.9 Å². The number of phenolic OH excluding ortho intramolecular Hbond substituents is 1. The zero-order valence-corrected chi connectivity index (χ0v) is 14.9. The maximum absolute atomic E-state index is 12.8. The van der Waals surface area contributed by atoms with Crippen molar-refractivity contribution in [2.24, 2.45) is 0 Å². The fourth-order valence-corrected chi connectivity index (χ4v) is 3.56. The van der Waals surface area contributed by atoms with Crippen LogP contribution in [-0.4, -0.2) is 5.11 Å². The molecular formula is C21H12Cl2O3. The number of aromatic hydroxyl groups is 1. The van der Waals surface area contributed by atoms with E-state index in [4.69, 9.17) is 27.6 Å². The van der Waals surface area contributed by atoms with Gasteiger partial charge >= 0.3 is 5.63 Å². The molecule has 3 nitrogen and oxygen atoms in total. The fraction of sp³-hybridized carbons (Fsp3) is 0. The topological polar surface area (TPSA) is 50.4 Å². The van der Waals surface area contributed by atoms with Gasteiger partial charge in [-0.15, -0.1) is 0 Å². The van der Waals surface area contributed by atoms with Crippen molar-refractivity contribution in [2.75, 3.05) is 0 Å². The molecule has 4 rings (SSSR count). The molecule has 0 fully saturated rings. The average Bonchev–Trinajstić information content (AvgIpc) is 2.63. The lowest BCUT2D eigenvalue weighted by Gasteiger charge is -2.13. The lowest BCUT2D eigenvalue weighted by atomic mass is 9.93. The second-order valence-electron chi connectivity index (χ2n) is 5.82. The van der Waals surface area contributed by atoms with Crippen molar-refractivity contribution >= 4 is 34.2 Å². The van der Waals surface area contributed by atoms with Crippen LogP contribution in [0, 0.1) is 0 Å². The number of hydrogen-bond donors (Lipinski definition) is 1. The van der Waals surface area contributed by atoms with Gasteiger partial charge in [-0.3, -0.25) is 0 Å². The van der Waals surface area contributed by atoms with Crippen LogP contribution in [0.1, 0.15) is 0 Å². The smallest absolute Gasteiger partial charge is 0.344 e. The summed E-state index contributed by atoms with van der Waals surface area (Å²) in [6.45, 7) is 0. The van der Waals surface area contributed by atoms with E-state index >= 15 is 0 Å². The minimum atomic E-state index is -0.490. The molecule has 0 radical (unpaired) electrons. The highest BCUT2D eigenvalue weighted by atomic mass is 35.5. The van der Waals surface area contributed by atoms with Crippen molar-refractivity contribution in [1.82, 2.24) is 0 Å². The summed E-state index contributed by atoms with van der Waals surface area (Å²) < 4.78 is 5.52. The average molecular weight is 383 g/mol. The normalized spacial score (nSPS) is 11.0. The number of fused-ring (bicyclic) bond motifs is 1. The Bertz CT molecular complexity index is 1160. The molecule has 4 aromatic rings. The summed E-state index contributed by atoms with van der Waals surface area (Å²) >= 11 is 12.5. The molecule has 0 spiro atoms. The molecular weight excluding hydrogens is 371 g/mol. The lowest BCUT2D eigenvalue weighted by Crippen LogP contribution is -2.06. The van der Waals surface area contributed by atoms with E-state index in [0.717, 1.165) is 11.1 Å². The molecule has 0 bridgehead atoms. The second kappa shape index (κ2) is 6.52. The number of hydrogen-bond acceptors (Lipinski definition) is 3. The Morgan fingerprint density at radius 1 is 0.808 bits per heavy atom.